The van der Waals surface area contributed by atoms with Crippen LogP contribution in [0.5, 0.6) is 0 Å². The van der Waals surface area contributed by atoms with Crippen LogP contribution in [-0.4, -0.2) is 23.4 Å². The van der Waals surface area contributed by atoms with Crippen LogP contribution in [0, 0.1) is 5.92 Å². The van der Waals surface area contributed by atoms with Gasteiger partial charge < -0.3 is 9.47 Å². The van der Waals surface area contributed by atoms with Gasteiger partial charge in [-0.1, -0.05) is 20.8 Å². The Hall–Kier alpha value is -0.380. The molecule has 0 aromatic heterocycles. The highest BCUT2D eigenvalue weighted by atomic mass is 32.2. The predicted octanol–water partition coefficient (Wildman–Crippen LogP) is 2.26. The molecule has 0 aromatic carbocycles. The predicted molar refractivity (Wildman–Crippen MR) is 48.1 cm³/mol. The molecule has 1 aliphatic heterocycles. The van der Waals surface area contributed by atoms with Crippen LogP contribution < -0.4 is 0 Å². The molecular weight excluding hydrogens is 176 g/mol. The minimum Gasteiger partial charge on any atom is -0.429 e. The lowest BCUT2D eigenvalue weighted by Crippen LogP contribution is -2.14. The van der Waals surface area contributed by atoms with E-state index in [2.05, 4.69) is 25.5 Å². The molecule has 4 heteroatoms. The van der Waals surface area contributed by atoms with Crippen LogP contribution in [0.3, 0.4) is 0 Å². The van der Waals surface area contributed by atoms with Crippen LogP contribution in [-0.2, 0) is 9.47 Å². The van der Waals surface area contributed by atoms with Crippen molar-refractivity contribution >= 4 is 17.9 Å². The number of hydrogen-bond acceptors (Lipinski definition) is 4. The lowest BCUT2D eigenvalue weighted by Gasteiger charge is -2.16. The highest BCUT2D eigenvalue weighted by molar-refractivity contribution is 8.00. The van der Waals surface area contributed by atoms with Crippen molar-refractivity contribution in [1.29, 1.82) is 0 Å². The van der Waals surface area contributed by atoms with Gasteiger partial charge in [-0.15, -0.1) is 11.8 Å². The van der Waals surface area contributed by atoms with Gasteiger partial charge in [-0.05, 0) is 5.92 Å². The van der Waals surface area contributed by atoms with Gasteiger partial charge in [-0.25, -0.2) is 4.79 Å². The third-order valence-corrected chi connectivity index (χ3v) is 3.38. The van der Waals surface area contributed by atoms with Crippen LogP contribution in [0.1, 0.15) is 20.8 Å². The molecule has 0 spiro atoms. The van der Waals surface area contributed by atoms with Gasteiger partial charge >= 0.3 is 6.16 Å². The van der Waals surface area contributed by atoms with Crippen molar-refractivity contribution in [2.75, 3.05) is 6.61 Å². The number of thioether (sulfide) groups is 1. The Bertz CT molecular complexity index is 170. The third kappa shape index (κ3) is 2.59. The Morgan fingerprint density at radius 2 is 2.17 bits per heavy atom. The molecule has 1 fully saturated rings. The first-order valence-electron chi connectivity index (χ1n) is 4.08. The number of cyclic esters (lactones) is 2. The average Bonchev–Trinajstić information content (AvgIpc) is 2.35. The normalized spacial score (nSPS) is 25.3. The SMILES string of the molecule is CC(C)C(C)SC1COC(=O)O1. The van der Waals surface area contributed by atoms with E-state index in [-0.39, 0.29) is 5.44 Å². The summed E-state index contributed by atoms with van der Waals surface area (Å²) in [4.78, 5) is 10.5. The Morgan fingerprint density at radius 3 is 2.58 bits per heavy atom. The van der Waals surface area contributed by atoms with Gasteiger partial charge in [0.05, 0.1) is 0 Å². The summed E-state index contributed by atoms with van der Waals surface area (Å²) in [5.74, 6) is 0.592. The monoisotopic (exact) mass is 190 g/mol. The summed E-state index contributed by atoms with van der Waals surface area (Å²) in [6.07, 6.45) is -0.538. The Balaban J connectivity index is 2.27. The third-order valence-electron chi connectivity index (χ3n) is 1.87. The number of hydrogen-bond donors (Lipinski definition) is 0. The van der Waals surface area contributed by atoms with Gasteiger partial charge in [0.2, 0.25) is 0 Å². The van der Waals surface area contributed by atoms with Crippen LogP contribution >= 0.6 is 11.8 Å². The summed E-state index contributed by atoms with van der Waals surface area (Å²) in [5.41, 5.74) is -0.102. The summed E-state index contributed by atoms with van der Waals surface area (Å²) in [6, 6.07) is 0. The maximum Gasteiger partial charge on any atom is 0.509 e. The molecule has 12 heavy (non-hydrogen) atoms. The second-order valence-corrected chi connectivity index (χ2v) is 4.74. The molecule has 0 bridgehead atoms. The van der Waals surface area contributed by atoms with Crippen LogP contribution in [0.15, 0.2) is 0 Å². The van der Waals surface area contributed by atoms with E-state index >= 15 is 0 Å². The molecule has 2 atom stereocenters. The number of carbonyl (C=O) groups excluding carboxylic acids is 1. The first-order chi connectivity index (χ1) is 5.59. The van der Waals surface area contributed by atoms with E-state index in [1.165, 1.54) is 0 Å². The number of rotatable bonds is 3. The summed E-state index contributed by atoms with van der Waals surface area (Å²) in [7, 11) is 0. The van der Waals surface area contributed by atoms with Gasteiger partial charge in [0.25, 0.3) is 0 Å². The van der Waals surface area contributed by atoms with Gasteiger partial charge in [0, 0.05) is 5.25 Å². The Kier molecular flexibility index (Phi) is 3.26. The second-order valence-electron chi connectivity index (χ2n) is 3.19. The van der Waals surface area contributed by atoms with Crippen molar-refractivity contribution < 1.29 is 14.3 Å². The maximum absolute atomic E-state index is 10.5. The molecule has 0 aliphatic carbocycles. The molecule has 1 heterocycles. The second kappa shape index (κ2) is 4.03. The largest absolute Gasteiger partial charge is 0.509 e. The zero-order valence-electron chi connectivity index (χ0n) is 7.57. The fourth-order valence-electron chi connectivity index (χ4n) is 0.775. The summed E-state index contributed by atoms with van der Waals surface area (Å²) in [6.45, 7) is 6.81. The van der Waals surface area contributed by atoms with Crippen molar-refractivity contribution in [2.24, 2.45) is 5.92 Å². The topological polar surface area (TPSA) is 35.5 Å². The summed E-state index contributed by atoms with van der Waals surface area (Å²) >= 11 is 1.65. The molecule has 70 valence electrons. The van der Waals surface area contributed by atoms with E-state index in [1.54, 1.807) is 11.8 Å². The van der Waals surface area contributed by atoms with Crippen molar-refractivity contribution in [1.82, 2.24) is 0 Å². The van der Waals surface area contributed by atoms with E-state index in [1.807, 2.05) is 0 Å². The zero-order valence-corrected chi connectivity index (χ0v) is 8.39. The van der Waals surface area contributed by atoms with Gasteiger partial charge in [0.1, 0.15) is 6.61 Å². The van der Waals surface area contributed by atoms with E-state index in [0.29, 0.717) is 17.8 Å². The lowest BCUT2D eigenvalue weighted by atomic mass is 10.2. The van der Waals surface area contributed by atoms with E-state index in [9.17, 15) is 4.79 Å². The fraction of sp³-hybridized carbons (Fsp3) is 0.875. The summed E-state index contributed by atoms with van der Waals surface area (Å²) in [5, 5.41) is 0.490. The Labute approximate surface area is 76.8 Å². The van der Waals surface area contributed by atoms with Crippen molar-refractivity contribution in [3.05, 3.63) is 0 Å². The molecule has 3 nitrogen and oxygen atoms in total. The molecule has 0 radical (unpaired) electrons. The highest BCUT2D eigenvalue weighted by Gasteiger charge is 2.27. The quantitative estimate of drug-likeness (QED) is 0.639. The average molecular weight is 190 g/mol. The van der Waals surface area contributed by atoms with Crippen molar-refractivity contribution in [3.63, 3.8) is 0 Å². The molecule has 0 saturated carbocycles. The number of carbonyl (C=O) groups is 1. The van der Waals surface area contributed by atoms with E-state index in [4.69, 9.17) is 4.74 Å². The minimum atomic E-state index is -0.538. The smallest absolute Gasteiger partial charge is 0.429 e. The van der Waals surface area contributed by atoms with Gasteiger partial charge in [-0.2, -0.15) is 0 Å². The molecule has 0 amide bonds. The van der Waals surface area contributed by atoms with Gasteiger partial charge in [0.15, 0.2) is 5.44 Å². The molecule has 1 rings (SSSR count). The van der Waals surface area contributed by atoms with Crippen molar-refractivity contribution in [3.8, 4) is 0 Å². The fourth-order valence-corrected chi connectivity index (χ4v) is 1.85. The van der Waals surface area contributed by atoms with E-state index in [0.717, 1.165) is 0 Å². The zero-order chi connectivity index (χ0) is 9.14. The Morgan fingerprint density at radius 1 is 1.50 bits per heavy atom. The molecule has 0 aromatic rings. The highest BCUT2D eigenvalue weighted by Crippen LogP contribution is 2.27. The number of ether oxygens (including phenoxy) is 2. The van der Waals surface area contributed by atoms with Gasteiger partial charge in [-0.3, -0.25) is 0 Å². The van der Waals surface area contributed by atoms with E-state index < -0.39 is 6.16 Å². The van der Waals surface area contributed by atoms with Crippen molar-refractivity contribution in [2.45, 2.75) is 31.5 Å². The maximum atomic E-state index is 10.5. The van der Waals surface area contributed by atoms with Crippen LogP contribution in [0.25, 0.3) is 0 Å². The molecule has 0 N–H and O–H groups in total. The molecule has 2 unspecified atom stereocenters. The van der Waals surface area contributed by atoms with Crippen LogP contribution in [0.2, 0.25) is 0 Å². The van der Waals surface area contributed by atoms with Crippen LogP contribution in [0.4, 0.5) is 4.79 Å². The first-order valence-corrected chi connectivity index (χ1v) is 5.02. The first kappa shape index (κ1) is 9.71. The molecular formula is C8H14O3S. The lowest BCUT2D eigenvalue weighted by molar-refractivity contribution is 0.129. The molecule has 1 saturated heterocycles. The summed E-state index contributed by atoms with van der Waals surface area (Å²) < 4.78 is 9.55. The molecule has 1 aliphatic rings. The minimum absolute atomic E-state index is 0.102. The standard InChI is InChI=1S/C8H14O3S/c1-5(2)6(3)12-7-4-10-8(9)11-7/h5-7H,4H2,1-3H3.